The molecule has 4 rings (SSSR count). The van der Waals surface area contributed by atoms with Gasteiger partial charge in [-0.1, -0.05) is 0 Å². The summed E-state index contributed by atoms with van der Waals surface area (Å²) in [6.07, 6.45) is 0.850. The molecular formula is C23H21N3O4. The van der Waals surface area contributed by atoms with E-state index in [0.717, 1.165) is 10.9 Å². The Morgan fingerprint density at radius 2 is 1.70 bits per heavy atom. The number of rotatable bonds is 5. The van der Waals surface area contributed by atoms with Gasteiger partial charge in [-0.25, -0.2) is 0 Å². The summed E-state index contributed by atoms with van der Waals surface area (Å²) >= 11 is 0. The molecule has 0 fully saturated rings. The van der Waals surface area contributed by atoms with Crippen LogP contribution in [0.1, 0.15) is 22.7 Å². The first-order valence-corrected chi connectivity index (χ1v) is 9.46. The van der Waals surface area contributed by atoms with Crippen LogP contribution in [0.15, 0.2) is 48.7 Å². The highest BCUT2D eigenvalue weighted by Crippen LogP contribution is 2.44. The van der Waals surface area contributed by atoms with Gasteiger partial charge >= 0.3 is 0 Å². The van der Waals surface area contributed by atoms with E-state index >= 15 is 0 Å². The van der Waals surface area contributed by atoms with E-state index in [1.807, 2.05) is 29.0 Å². The van der Waals surface area contributed by atoms with Crippen molar-refractivity contribution in [2.24, 2.45) is 0 Å². The van der Waals surface area contributed by atoms with Gasteiger partial charge in [-0.15, -0.1) is 0 Å². The largest absolute Gasteiger partial charge is 0.479 e. The quantitative estimate of drug-likeness (QED) is 0.703. The van der Waals surface area contributed by atoms with Crippen LogP contribution >= 0.6 is 0 Å². The topological polar surface area (TPSA) is 100 Å². The molecule has 0 spiro atoms. The number of ether oxygens (including phenoxy) is 3. The first-order valence-electron chi connectivity index (χ1n) is 9.46. The van der Waals surface area contributed by atoms with Crippen molar-refractivity contribution in [2.75, 3.05) is 27.4 Å². The maximum Gasteiger partial charge on any atom is 0.183 e. The standard InChI is InChI=1S/C23H21N3O4/c1-28-13-23(14-29-2)22(27)21(18-10-16(12-25)4-6-20(18)30-23)26-8-7-17-9-15(11-24)3-5-19(17)26/h3-10,21-22,27H,13-14H2,1-2H3/t21-,22+/m1/s1. The van der Waals surface area contributed by atoms with Crippen LogP contribution < -0.4 is 4.74 Å². The van der Waals surface area contributed by atoms with Gasteiger partial charge in [0.05, 0.1) is 42.5 Å². The maximum atomic E-state index is 11.5. The number of hydrogen-bond acceptors (Lipinski definition) is 6. The van der Waals surface area contributed by atoms with Gasteiger partial charge in [0, 0.05) is 36.9 Å². The first kappa shape index (κ1) is 19.9. The summed E-state index contributed by atoms with van der Waals surface area (Å²) in [6, 6.07) is 16.2. The molecule has 0 saturated heterocycles. The molecule has 0 unspecified atom stereocenters. The average molecular weight is 403 g/mol. The van der Waals surface area contributed by atoms with Crippen molar-refractivity contribution in [3.63, 3.8) is 0 Å². The third-order valence-electron chi connectivity index (χ3n) is 5.54. The highest BCUT2D eigenvalue weighted by molar-refractivity contribution is 5.82. The molecule has 1 aliphatic rings. The fourth-order valence-corrected chi connectivity index (χ4v) is 4.22. The molecule has 30 heavy (non-hydrogen) atoms. The summed E-state index contributed by atoms with van der Waals surface area (Å²) in [6.45, 7) is 0.242. The van der Waals surface area contributed by atoms with Crippen LogP contribution in [0, 0.1) is 22.7 Å². The van der Waals surface area contributed by atoms with E-state index in [1.165, 1.54) is 0 Å². The van der Waals surface area contributed by atoms with Gasteiger partial charge in [0.25, 0.3) is 0 Å². The highest BCUT2D eigenvalue weighted by Gasteiger charge is 2.50. The first-order chi connectivity index (χ1) is 14.6. The van der Waals surface area contributed by atoms with Gasteiger partial charge in [-0.05, 0) is 42.5 Å². The normalized spacial score (nSPS) is 19.5. The van der Waals surface area contributed by atoms with Gasteiger partial charge in [0.2, 0.25) is 0 Å². The van der Waals surface area contributed by atoms with Crippen LogP contribution in [-0.2, 0) is 9.47 Å². The number of aromatic nitrogens is 1. The van der Waals surface area contributed by atoms with E-state index in [4.69, 9.17) is 14.2 Å². The molecule has 7 heteroatoms. The van der Waals surface area contributed by atoms with Crippen LogP contribution in [-0.4, -0.2) is 48.8 Å². The Bertz CT molecular complexity index is 1170. The van der Waals surface area contributed by atoms with Crippen molar-refractivity contribution in [3.8, 4) is 17.9 Å². The molecule has 2 aromatic carbocycles. The third-order valence-corrected chi connectivity index (χ3v) is 5.54. The maximum absolute atomic E-state index is 11.5. The Morgan fingerprint density at radius 1 is 1.03 bits per heavy atom. The van der Waals surface area contributed by atoms with Gasteiger partial charge in [0.1, 0.15) is 11.9 Å². The molecule has 0 saturated carbocycles. The molecule has 1 N–H and O–H groups in total. The number of hydrogen-bond donors (Lipinski definition) is 1. The van der Waals surface area contributed by atoms with Crippen LogP contribution in [0.25, 0.3) is 10.9 Å². The molecule has 1 aliphatic heterocycles. The Labute approximate surface area is 174 Å². The van der Waals surface area contributed by atoms with E-state index in [0.29, 0.717) is 22.4 Å². The molecule has 2 atom stereocenters. The summed E-state index contributed by atoms with van der Waals surface area (Å²) in [4.78, 5) is 0. The van der Waals surface area contributed by atoms with Crippen LogP contribution in [0.4, 0.5) is 0 Å². The minimum Gasteiger partial charge on any atom is -0.479 e. The Balaban J connectivity index is 1.94. The Morgan fingerprint density at radius 3 is 2.37 bits per heavy atom. The van der Waals surface area contributed by atoms with Crippen molar-refractivity contribution in [1.82, 2.24) is 4.57 Å². The van der Waals surface area contributed by atoms with Crippen LogP contribution in [0.2, 0.25) is 0 Å². The van der Waals surface area contributed by atoms with Crippen molar-refractivity contribution >= 4 is 10.9 Å². The van der Waals surface area contributed by atoms with E-state index in [9.17, 15) is 15.6 Å². The van der Waals surface area contributed by atoms with Crippen molar-refractivity contribution in [1.29, 1.82) is 10.5 Å². The molecule has 3 aromatic rings. The highest BCUT2D eigenvalue weighted by atomic mass is 16.6. The zero-order valence-electron chi connectivity index (χ0n) is 16.7. The number of fused-ring (bicyclic) bond motifs is 2. The molecule has 1 aromatic heterocycles. The van der Waals surface area contributed by atoms with Gasteiger partial charge in [-0.2, -0.15) is 10.5 Å². The van der Waals surface area contributed by atoms with E-state index in [1.54, 1.807) is 38.5 Å². The van der Waals surface area contributed by atoms with Crippen molar-refractivity contribution in [2.45, 2.75) is 17.7 Å². The molecule has 152 valence electrons. The zero-order valence-corrected chi connectivity index (χ0v) is 16.7. The summed E-state index contributed by atoms with van der Waals surface area (Å²) in [5.41, 5.74) is 1.47. The third kappa shape index (κ3) is 3.10. The summed E-state index contributed by atoms with van der Waals surface area (Å²) in [5.74, 6) is 0.564. The number of nitriles is 2. The van der Waals surface area contributed by atoms with E-state index in [-0.39, 0.29) is 13.2 Å². The number of methoxy groups -OCH3 is 2. The second-order valence-electron chi connectivity index (χ2n) is 7.40. The fourth-order valence-electron chi connectivity index (χ4n) is 4.22. The number of aliphatic hydroxyl groups excluding tert-OH is 1. The molecule has 0 radical (unpaired) electrons. The Hall–Kier alpha value is -3.36. The predicted octanol–water partition coefficient (Wildman–Crippen LogP) is 2.76. The monoisotopic (exact) mass is 403 g/mol. The minimum absolute atomic E-state index is 0.121. The lowest BCUT2D eigenvalue weighted by atomic mass is 9.84. The van der Waals surface area contributed by atoms with Crippen molar-refractivity contribution in [3.05, 3.63) is 65.4 Å². The SMILES string of the molecule is COCC1(COC)Oc2ccc(C#N)cc2[C@@H](n2ccc3cc(C#N)ccc32)[C@@H]1O. The van der Waals surface area contributed by atoms with Crippen LogP contribution in [0.3, 0.4) is 0 Å². The zero-order chi connectivity index (χ0) is 21.3. The fraction of sp³-hybridized carbons (Fsp3) is 0.304. The lowest BCUT2D eigenvalue weighted by molar-refractivity contribution is -0.147. The molecule has 7 nitrogen and oxygen atoms in total. The lowest BCUT2D eigenvalue weighted by Gasteiger charge is -2.46. The molecule has 0 bridgehead atoms. The molecule has 2 heterocycles. The summed E-state index contributed by atoms with van der Waals surface area (Å²) in [7, 11) is 3.09. The molecular weight excluding hydrogens is 382 g/mol. The Kier molecular flexibility index (Phi) is 5.19. The second-order valence-corrected chi connectivity index (χ2v) is 7.40. The number of benzene rings is 2. The predicted molar refractivity (Wildman–Crippen MR) is 109 cm³/mol. The van der Waals surface area contributed by atoms with Gasteiger partial charge < -0.3 is 23.9 Å². The lowest BCUT2D eigenvalue weighted by Crippen LogP contribution is -2.60. The summed E-state index contributed by atoms with van der Waals surface area (Å²) < 4.78 is 18.9. The number of aliphatic hydroxyl groups is 1. The molecule has 0 aliphatic carbocycles. The number of nitrogens with zero attached hydrogens (tertiary/aromatic N) is 3. The van der Waals surface area contributed by atoms with Gasteiger partial charge in [-0.3, -0.25) is 0 Å². The minimum atomic E-state index is -1.13. The van der Waals surface area contributed by atoms with E-state index in [2.05, 4.69) is 12.1 Å². The van der Waals surface area contributed by atoms with Crippen molar-refractivity contribution < 1.29 is 19.3 Å². The molecule has 0 amide bonds. The smallest absolute Gasteiger partial charge is 0.183 e. The van der Waals surface area contributed by atoms with Crippen LogP contribution in [0.5, 0.6) is 5.75 Å². The van der Waals surface area contributed by atoms with E-state index < -0.39 is 17.7 Å². The second kappa shape index (κ2) is 7.81. The van der Waals surface area contributed by atoms with Gasteiger partial charge in [0.15, 0.2) is 5.60 Å². The summed E-state index contributed by atoms with van der Waals surface area (Å²) in [5, 5.41) is 31.0. The average Bonchev–Trinajstić information content (AvgIpc) is 3.17.